The molecule has 2 N–H and O–H groups in total. The number of carbonyl (C=O) groups is 2. The number of aliphatic carboxylic acids is 1. The Hall–Kier alpha value is -3.86. The zero-order valence-corrected chi connectivity index (χ0v) is 18.7. The summed E-state index contributed by atoms with van der Waals surface area (Å²) in [7, 11) is 0. The lowest BCUT2D eigenvalue weighted by molar-refractivity contribution is -0.137. The molecule has 174 valence electrons. The smallest absolute Gasteiger partial charge is 0.303 e. The molecule has 1 amide bonds. The number of rotatable bonds is 7. The van der Waals surface area contributed by atoms with Crippen molar-refractivity contribution >= 4 is 11.9 Å². The predicted molar refractivity (Wildman–Crippen MR) is 123 cm³/mol. The minimum absolute atomic E-state index is 0.00323. The van der Waals surface area contributed by atoms with Crippen LogP contribution >= 0.6 is 0 Å². The number of nitriles is 1. The number of benzene rings is 1. The standard InChI is InChI=1S/C26H26N4O4/c27-16-17-5-6-18(3-1-4-24(31)32)22(13-17)29-25(33)21-15-26(21)9-12-34-23-8-7-19(14-20(23)26)30-11-2-10-28-30/h2,5,7-8,10-11,13-14,18,21H,1,3-4,6,9,12,15H2,(H,29,33)(H,31,32)/t18?,21-,26-/m0/s1. The molecule has 2 heterocycles. The Morgan fingerprint density at radius 1 is 1.38 bits per heavy atom. The number of carboxylic acids is 1. The van der Waals surface area contributed by atoms with Crippen LogP contribution in [0.1, 0.15) is 44.1 Å². The van der Waals surface area contributed by atoms with Crippen molar-refractivity contribution in [3.05, 3.63) is 65.6 Å². The molecule has 0 bridgehead atoms. The summed E-state index contributed by atoms with van der Waals surface area (Å²) in [6.45, 7) is 0.569. The van der Waals surface area contributed by atoms with Crippen LogP contribution in [-0.4, -0.2) is 33.4 Å². The molecule has 1 fully saturated rings. The quantitative estimate of drug-likeness (QED) is 0.654. The van der Waals surface area contributed by atoms with E-state index >= 15 is 0 Å². The van der Waals surface area contributed by atoms with Gasteiger partial charge in [0.2, 0.25) is 5.91 Å². The topological polar surface area (TPSA) is 117 Å². The lowest BCUT2D eigenvalue weighted by Crippen LogP contribution is -2.33. The number of aromatic nitrogens is 2. The number of hydrogen-bond acceptors (Lipinski definition) is 5. The second kappa shape index (κ2) is 8.82. The molecule has 2 aliphatic carbocycles. The molecule has 5 rings (SSSR count). The average molecular weight is 459 g/mol. The summed E-state index contributed by atoms with van der Waals surface area (Å²) in [5, 5.41) is 25.7. The molecule has 1 unspecified atom stereocenters. The van der Waals surface area contributed by atoms with Crippen LogP contribution in [0.3, 0.4) is 0 Å². The van der Waals surface area contributed by atoms with E-state index in [4.69, 9.17) is 9.84 Å². The van der Waals surface area contributed by atoms with Crippen LogP contribution in [0, 0.1) is 23.2 Å². The van der Waals surface area contributed by atoms with Gasteiger partial charge >= 0.3 is 5.97 Å². The molecule has 1 spiro atoms. The summed E-state index contributed by atoms with van der Waals surface area (Å²) in [5.74, 6) is -0.239. The van der Waals surface area contributed by atoms with Crippen molar-refractivity contribution in [1.29, 1.82) is 5.26 Å². The minimum Gasteiger partial charge on any atom is -0.493 e. The van der Waals surface area contributed by atoms with E-state index in [9.17, 15) is 14.9 Å². The molecule has 8 nitrogen and oxygen atoms in total. The molecular weight excluding hydrogens is 432 g/mol. The first-order chi connectivity index (χ1) is 16.5. The number of carbonyl (C=O) groups excluding carboxylic acids is 1. The first-order valence-corrected chi connectivity index (χ1v) is 11.6. The Balaban J connectivity index is 1.34. The highest BCUT2D eigenvalue weighted by Crippen LogP contribution is 2.61. The Labute approximate surface area is 197 Å². The van der Waals surface area contributed by atoms with Crippen molar-refractivity contribution in [2.75, 3.05) is 6.61 Å². The van der Waals surface area contributed by atoms with E-state index in [2.05, 4.69) is 22.6 Å². The van der Waals surface area contributed by atoms with Gasteiger partial charge in [-0.2, -0.15) is 10.4 Å². The molecule has 1 aliphatic heterocycles. The molecule has 8 heteroatoms. The number of nitrogens with zero attached hydrogens (tertiary/aromatic N) is 3. The molecule has 3 aliphatic rings. The van der Waals surface area contributed by atoms with Gasteiger partial charge in [0.25, 0.3) is 0 Å². The van der Waals surface area contributed by atoms with Crippen LogP contribution < -0.4 is 10.1 Å². The van der Waals surface area contributed by atoms with Crippen LogP contribution in [0.15, 0.2) is 60.1 Å². The molecule has 0 radical (unpaired) electrons. The predicted octanol–water partition coefficient (Wildman–Crippen LogP) is 3.64. The summed E-state index contributed by atoms with van der Waals surface area (Å²) in [5.41, 5.74) is 2.95. The number of allylic oxidation sites excluding steroid dienone is 4. The average Bonchev–Trinajstić information content (AvgIpc) is 3.28. The highest BCUT2D eigenvalue weighted by atomic mass is 16.5. The summed E-state index contributed by atoms with van der Waals surface area (Å²) in [4.78, 5) is 24.3. The van der Waals surface area contributed by atoms with Gasteiger partial charge in [-0.25, -0.2) is 4.68 Å². The molecule has 1 aromatic heterocycles. The van der Waals surface area contributed by atoms with Crippen molar-refractivity contribution in [3.63, 3.8) is 0 Å². The van der Waals surface area contributed by atoms with Crippen LogP contribution in [0.5, 0.6) is 5.75 Å². The van der Waals surface area contributed by atoms with E-state index < -0.39 is 5.97 Å². The van der Waals surface area contributed by atoms with Crippen LogP contribution in [0.2, 0.25) is 0 Å². The number of hydrogen-bond donors (Lipinski definition) is 2. The van der Waals surface area contributed by atoms with Gasteiger partial charge in [0.1, 0.15) is 5.75 Å². The SMILES string of the molecule is N#CC1=CCC(CCCC(=O)O)C(NC(=O)[C@@H]2C[C@]23CCOc2ccc(-n4cccn4)cc23)=C1. The van der Waals surface area contributed by atoms with Gasteiger partial charge in [-0.05, 0) is 62.4 Å². The fourth-order valence-electron chi connectivity index (χ4n) is 5.26. The lowest BCUT2D eigenvalue weighted by atomic mass is 9.86. The van der Waals surface area contributed by atoms with Crippen molar-refractivity contribution in [2.24, 2.45) is 11.8 Å². The maximum absolute atomic E-state index is 13.4. The van der Waals surface area contributed by atoms with Crippen molar-refractivity contribution in [3.8, 4) is 17.5 Å². The summed E-state index contributed by atoms with van der Waals surface area (Å²) < 4.78 is 7.69. The normalized spacial score (nSPS) is 24.8. The molecule has 1 saturated carbocycles. The highest BCUT2D eigenvalue weighted by molar-refractivity contribution is 5.86. The number of amides is 1. The van der Waals surface area contributed by atoms with Gasteiger partial charge in [0.15, 0.2) is 0 Å². The Bertz CT molecular complexity index is 1220. The number of nitrogens with one attached hydrogen (secondary N) is 1. The molecule has 3 atom stereocenters. The maximum Gasteiger partial charge on any atom is 0.303 e. The van der Waals surface area contributed by atoms with Gasteiger partial charge in [0.05, 0.1) is 18.4 Å². The Morgan fingerprint density at radius 3 is 3.03 bits per heavy atom. The molecule has 34 heavy (non-hydrogen) atoms. The number of ether oxygens (including phenoxy) is 1. The van der Waals surface area contributed by atoms with Crippen LogP contribution in [0.4, 0.5) is 0 Å². The first kappa shape index (κ1) is 22.0. The molecule has 0 saturated heterocycles. The van der Waals surface area contributed by atoms with E-state index in [-0.39, 0.29) is 29.6 Å². The molecule has 1 aromatic carbocycles. The first-order valence-electron chi connectivity index (χ1n) is 11.6. The monoisotopic (exact) mass is 458 g/mol. The number of carboxylic acid groups (broad SMARTS) is 1. The molecular formula is C26H26N4O4. The highest BCUT2D eigenvalue weighted by Gasteiger charge is 2.61. The van der Waals surface area contributed by atoms with Gasteiger partial charge in [-0.1, -0.05) is 6.08 Å². The van der Waals surface area contributed by atoms with Crippen molar-refractivity contribution in [1.82, 2.24) is 15.1 Å². The summed E-state index contributed by atoms with van der Waals surface area (Å²) in [6.07, 6.45) is 10.6. The third-order valence-corrected chi connectivity index (χ3v) is 7.18. The third-order valence-electron chi connectivity index (χ3n) is 7.18. The second-order valence-electron chi connectivity index (χ2n) is 9.22. The van der Waals surface area contributed by atoms with Gasteiger partial charge in [-0.15, -0.1) is 0 Å². The fraction of sp³-hybridized carbons (Fsp3) is 0.385. The van der Waals surface area contributed by atoms with E-state index in [1.165, 1.54) is 0 Å². The third kappa shape index (κ3) is 4.10. The number of fused-ring (bicyclic) bond motifs is 2. The Kier molecular flexibility index (Phi) is 5.70. The van der Waals surface area contributed by atoms with Gasteiger partial charge < -0.3 is 15.2 Å². The van der Waals surface area contributed by atoms with Crippen molar-refractivity contribution < 1.29 is 19.4 Å². The summed E-state index contributed by atoms with van der Waals surface area (Å²) in [6, 6.07) is 10.0. The van der Waals surface area contributed by atoms with Crippen LogP contribution in [-0.2, 0) is 15.0 Å². The van der Waals surface area contributed by atoms with E-state index in [0.29, 0.717) is 37.1 Å². The fourth-order valence-corrected chi connectivity index (χ4v) is 5.26. The largest absolute Gasteiger partial charge is 0.493 e. The van der Waals surface area contributed by atoms with Crippen LogP contribution in [0.25, 0.3) is 5.69 Å². The van der Waals surface area contributed by atoms with Gasteiger partial charge in [0, 0.05) is 52.9 Å². The van der Waals surface area contributed by atoms with Crippen molar-refractivity contribution in [2.45, 2.75) is 43.9 Å². The second-order valence-corrected chi connectivity index (χ2v) is 9.22. The summed E-state index contributed by atoms with van der Waals surface area (Å²) >= 11 is 0. The van der Waals surface area contributed by atoms with Gasteiger partial charge in [-0.3, -0.25) is 9.59 Å². The Morgan fingerprint density at radius 2 is 2.26 bits per heavy atom. The van der Waals surface area contributed by atoms with E-state index in [1.54, 1.807) is 17.0 Å². The minimum atomic E-state index is -0.828. The lowest BCUT2D eigenvalue weighted by Gasteiger charge is -2.28. The maximum atomic E-state index is 13.4. The molecule has 2 aromatic rings. The zero-order valence-electron chi connectivity index (χ0n) is 18.7. The van der Waals surface area contributed by atoms with E-state index in [0.717, 1.165) is 29.8 Å². The van der Waals surface area contributed by atoms with E-state index in [1.807, 2.05) is 30.5 Å². The zero-order chi connectivity index (χ0) is 23.7.